The molecule has 0 atom stereocenters. The maximum atomic E-state index is 11.8. The van der Waals surface area contributed by atoms with Crippen LogP contribution in [0.2, 0.25) is 0 Å². The van der Waals surface area contributed by atoms with E-state index in [1.807, 2.05) is 0 Å². The second-order valence-electron chi connectivity index (χ2n) is 4.48. The van der Waals surface area contributed by atoms with Crippen LogP contribution in [0.15, 0.2) is 16.8 Å². The number of amides is 1. The number of hydrogen-bond donors (Lipinski definition) is 1. The minimum absolute atomic E-state index is 0.299. The molecule has 1 N–H and O–H groups in total. The van der Waals surface area contributed by atoms with Crippen molar-refractivity contribution < 1.29 is 10.0 Å². The second kappa shape index (κ2) is 2.96. The molecule has 1 heterocycles. The van der Waals surface area contributed by atoms with Crippen LogP contribution >= 0.6 is 0 Å². The fraction of sp³-hybridized carbons (Fsp3) is 0.667. The Labute approximate surface area is 82.9 Å². The molecule has 1 aliphatic rings. The number of nitrogens with zero attached hydrogens (tertiary/aromatic N) is 2. The monoisotopic (exact) mass is 196 g/mol. The summed E-state index contributed by atoms with van der Waals surface area (Å²) in [6.45, 7) is 6.77. The highest BCUT2D eigenvalue weighted by molar-refractivity contribution is 5.96. The molecule has 0 aliphatic carbocycles. The van der Waals surface area contributed by atoms with Gasteiger partial charge in [0.2, 0.25) is 0 Å². The van der Waals surface area contributed by atoms with Crippen molar-refractivity contribution in [3.8, 4) is 0 Å². The summed E-state index contributed by atoms with van der Waals surface area (Å²) in [5.41, 5.74) is 5.35. The molecule has 0 aromatic rings. The van der Waals surface area contributed by atoms with Gasteiger partial charge in [-0.2, -0.15) is 0 Å². The molecule has 0 saturated heterocycles. The van der Waals surface area contributed by atoms with Crippen molar-refractivity contribution in [2.45, 2.75) is 38.8 Å². The van der Waals surface area contributed by atoms with Crippen molar-refractivity contribution in [1.29, 1.82) is 5.53 Å². The molecule has 5 heteroatoms. The van der Waals surface area contributed by atoms with Crippen LogP contribution in [0.25, 0.3) is 0 Å². The second-order valence-corrected chi connectivity index (χ2v) is 4.48. The van der Waals surface area contributed by atoms with Gasteiger partial charge in [-0.1, -0.05) is 6.08 Å². The number of hydrogen-bond acceptors (Lipinski definition) is 3. The number of rotatable bonds is 1. The summed E-state index contributed by atoms with van der Waals surface area (Å²) in [7, 11) is 0. The molecule has 0 aromatic carbocycles. The van der Waals surface area contributed by atoms with Crippen LogP contribution < -0.4 is 0 Å². The molecule has 0 aromatic heterocycles. The molecule has 0 unspecified atom stereocenters. The van der Waals surface area contributed by atoms with E-state index >= 15 is 0 Å². The van der Waals surface area contributed by atoms with E-state index in [1.54, 1.807) is 33.8 Å². The van der Waals surface area contributed by atoms with Crippen LogP contribution in [0.3, 0.4) is 0 Å². The van der Waals surface area contributed by atoms with E-state index in [9.17, 15) is 10.0 Å². The summed E-state index contributed by atoms with van der Waals surface area (Å²) in [4.78, 5) is 11.3. The highest BCUT2D eigenvalue weighted by Gasteiger charge is 2.48. The molecule has 0 saturated carbocycles. The van der Waals surface area contributed by atoms with Gasteiger partial charge in [0, 0.05) is 5.57 Å². The third kappa shape index (κ3) is 1.38. The Kier molecular flexibility index (Phi) is 2.33. The molecule has 0 spiro atoms. The van der Waals surface area contributed by atoms with Crippen LogP contribution in [0.4, 0.5) is 0 Å². The van der Waals surface area contributed by atoms with Gasteiger partial charge < -0.3 is 0 Å². The Morgan fingerprint density at radius 3 is 2.21 bits per heavy atom. The molecule has 1 amide bonds. The lowest BCUT2D eigenvalue weighted by atomic mass is 9.96. The molecule has 1 rings (SSSR count). The SMILES string of the molecule is CC1(C)C=C(C(=O)N=N)C(C)(C)N1[O]. The number of carbonyl (C=O) groups excluding carboxylic acids is 1. The van der Waals surface area contributed by atoms with Crippen LogP contribution in [0.5, 0.6) is 0 Å². The summed E-state index contributed by atoms with van der Waals surface area (Å²) >= 11 is 0. The van der Waals surface area contributed by atoms with Gasteiger partial charge in [-0.15, -0.1) is 15.4 Å². The van der Waals surface area contributed by atoms with Gasteiger partial charge >= 0.3 is 0 Å². The first-order valence-corrected chi connectivity index (χ1v) is 4.36. The Balaban J connectivity index is 3.19. The van der Waals surface area contributed by atoms with Crippen molar-refractivity contribution in [2.24, 2.45) is 5.11 Å². The predicted octanol–water partition coefficient (Wildman–Crippen LogP) is 1.69. The van der Waals surface area contributed by atoms with E-state index in [0.29, 0.717) is 5.57 Å². The molecule has 0 bridgehead atoms. The smallest absolute Gasteiger partial charge is 0.265 e. The van der Waals surface area contributed by atoms with Gasteiger partial charge in [0.25, 0.3) is 5.91 Å². The summed E-state index contributed by atoms with van der Waals surface area (Å²) in [5, 5.41) is 15.5. The first-order chi connectivity index (χ1) is 6.23. The van der Waals surface area contributed by atoms with Crippen LogP contribution in [0.1, 0.15) is 27.7 Å². The first kappa shape index (κ1) is 11.0. The zero-order valence-electron chi connectivity index (χ0n) is 8.79. The van der Waals surface area contributed by atoms with Crippen LogP contribution in [-0.2, 0) is 10.0 Å². The van der Waals surface area contributed by atoms with Gasteiger partial charge in [0.1, 0.15) is 0 Å². The molecular formula is C9H14N3O2. The van der Waals surface area contributed by atoms with Crippen molar-refractivity contribution in [3.05, 3.63) is 11.6 Å². The summed E-state index contributed by atoms with van der Waals surface area (Å²) in [5.74, 6) is -0.638. The normalized spacial score (nSPS) is 24.5. The maximum absolute atomic E-state index is 11.8. The summed E-state index contributed by atoms with van der Waals surface area (Å²) < 4.78 is 0. The van der Waals surface area contributed by atoms with Gasteiger partial charge in [-0.25, -0.2) is 5.53 Å². The highest BCUT2D eigenvalue weighted by atomic mass is 16.5. The topological polar surface area (TPSA) is 76.4 Å². The van der Waals surface area contributed by atoms with Crippen LogP contribution in [-0.4, -0.2) is 22.0 Å². The Morgan fingerprint density at radius 1 is 1.43 bits per heavy atom. The predicted molar refractivity (Wildman–Crippen MR) is 48.9 cm³/mol. The Bertz CT molecular complexity index is 318. The first-order valence-electron chi connectivity index (χ1n) is 4.36. The van der Waals surface area contributed by atoms with E-state index < -0.39 is 17.0 Å². The fourth-order valence-electron chi connectivity index (χ4n) is 1.80. The van der Waals surface area contributed by atoms with Gasteiger partial charge in [0.05, 0.1) is 11.1 Å². The molecule has 1 radical (unpaired) electrons. The molecule has 14 heavy (non-hydrogen) atoms. The van der Waals surface area contributed by atoms with Crippen LogP contribution in [0, 0.1) is 5.53 Å². The van der Waals surface area contributed by atoms with E-state index in [2.05, 4.69) is 5.11 Å². The average Bonchev–Trinajstić information content (AvgIpc) is 2.25. The summed E-state index contributed by atoms with van der Waals surface area (Å²) in [6.07, 6.45) is 1.58. The maximum Gasteiger partial charge on any atom is 0.292 e. The third-order valence-electron chi connectivity index (χ3n) is 2.52. The zero-order chi connectivity index (χ0) is 11.1. The van der Waals surface area contributed by atoms with E-state index in [-0.39, 0.29) is 0 Å². The number of hydroxylamine groups is 2. The molecule has 77 valence electrons. The lowest BCUT2D eigenvalue weighted by Gasteiger charge is -2.33. The molecule has 1 aliphatic heterocycles. The van der Waals surface area contributed by atoms with Crippen molar-refractivity contribution >= 4 is 5.91 Å². The van der Waals surface area contributed by atoms with Crippen molar-refractivity contribution in [2.75, 3.05) is 0 Å². The zero-order valence-corrected chi connectivity index (χ0v) is 8.79. The highest BCUT2D eigenvalue weighted by Crippen LogP contribution is 2.38. The molecule has 0 fully saturated rings. The minimum atomic E-state index is -0.898. The quantitative estimate of drug-likeness (QED) is 0.648. The summed E-state index contributed by atoms with van der Waals surface area (Å²) in [6, 6.07) is 0. The fourth-order valence-corrected chi connectivity index (χ4v) is 1.80. The third-order valence-corrected chi connectivity index (χ3v) is 2.52. The van der Waals surface area contributed by atoms with E-state index in [4.69, 9.17) is 5.53 Å². The van der Waals surface area contributed by atoms with E-state index in [1.165, 1.54) is 0 Å². The van der Waals surface area contributed by atoms with Gasteiger partial charge in [-0.05, 0) is 27.7 Å². The van der Waals surface area contributed by atoms with Crippen molar-refractivity contribution in [1.82, 2.24) is 5.06 Å². The standard InChI is InChI=1S/C9H14N3O2/c1-8(2)5-6(7(13)11-10)9(3,4)12(8)14/h5,10H,1-4H3. The number of nitrogens with one attached hydrogen (secondary N) is 1. The Hall–Kier alpha value is -1.07. The van der Waals surface area contributed by atoms with E-state index in [0.717, 1.165) is 5.06 Å². The minimum Gasteiger partial charge on any atom is -0.265 e. The lowest BCUT2D eigenvalue weighted by Crippen LogP contribution is -2.47. The largest absolute Gasteiger partial charge is 0.292 e. The number of carbonyl (C=O) groups is 1. The van der Waals surface area contributed by atoms with Gasteiger partial charge in [0.15, 0.2) is 0 Å². The van der Waals surface area contributed by atoms with Crippen molar-refractivity contribution in [3.63, 3.8) is 0 Å². The average molecular weight is 196 g/mol. The molecule has 5 nitrogen and oxygen atoms in total. The lowest BCUT2D eigenvalue weighted by molar-refractivity contribution is -0.238. The molecular weight excluding hydrogens is 182 g/mol. The van der Waals surface area contributed by atoms with Gasteiger partial charge in [-0.3, -0.25) is 4.79 Å². The Morgan fingerprint density at radius 2 is 1.93 bits per heavy atom.